The lowest BCUT2D eigenvalue weighted by Gasteiger charge is -2.47. The third-order valence-corrected chi connectivity index (χ3v) is 6.05. The molecular weight excluding hydrogens is 444 g/mol. The zero-order chi connectivity index (χ0) is 22.1. The fourth-order valence-corrected chi connectivity index (χ4v) is 3.87. The molecule has 0 spiro atoms. The van der Waals surface area contributed by atoms with Crippen LogP contribution >= 0.6 is 23.2 Å². The van der Waals surface area contributed by atoms with Crippen LogP contribution in [0.2, 0.25) is 10.0 Å². The average Bonchev–Trinajstić information content (AvgIpc) is 2.66. The molecule has 1 aromatic carbocycles. The topological polar surface area (TPSA) is 55.9 Å². The van der Waals surface area contributed by atoms with Crippen LogP contribution in [0.25, 0.3) is 0 Å². The molecule has 2 amide bonds. The molecule has 2 fully saturated rings. The molecule has 1 aromatic rings. The highest BCUT2D eigenvalue weighted by Crippen LogP contribution is 2.39. The molecule has 0 radical (unpaired) electrons. The van der Waals surface area contributed by atoms with E-state index in [1.54, 1.807) is 9.80 Å². The standard InChI is InChI=1S/C19H21Cl2F3N4O2/c1-2-17(29)28-10-12(11-28)26-3-5-27(6-4-26)18(30)9-25-16-8-15(21)14(20)7-13(16)19(22,23)24/h2,7-8,12,25H,1,3-6,9-11H2. The van der Waals surface area contributed by atoms with Crippen molar-refractivity contribution in [3.05, 3.63) is 40.4 Å². The van der Waals surface area contributed by atoms with Gasteiger partial charge in [-0.3, -0.25) is 14.5 Å². The van der Waals surface area contributed by atoms with Crippen molar-refractivity contribution in [2.45, 2.75) is 12.2 Å². The highest BCUT2D eigenvalue weighted by molar-refractivity contribution is 6.42. The molecule has 2 saturated heterocycles. The van der Waals surface area contributed by atoms with Crippen LogP contribution in [0.1, 0.15) is 5.56 Å². The second-order valence-electron chi connectivity index (χ2n) is 7.18. The van der Waals surface area contributed by atoms with Gasteiger partial charge in [0.15, 0.2) is 0 Å². The van der Waals surface area contributed by atoms with Crippen LogP contribution in [0.4, 0.5) is 18.9 Å². The number of hydrogen-bond donors (Lipinski definition) is 1. The summed E-state index contributed by atoms with van der Waals surface area (Å²) in [6.45, 7) is 6.69. The lowest BCUT2D eigenvalue weighted by molar-refractivity contribution is -0.138. The smallest absolute Gasteiger partial charge is 0.376 e. The molecule has 0 atom stereocenters. The second kappa shape index (κ2) is 9.03. The Kier molecular flexibility index (Phi) is 6.84. The van der Waals surface area contributed by atoms with Crippen molar-refractivity contribution in [3.63, 3.8) is 0 Å². The third kappa shape index (κ3) is 5.01. The molecule has 3 rings (SSSR count). The largest absolute Gasteiger partial charge is 0.418 e. The van der Waals surface area contributed by atoms with Crippen molar-refractivity contribution in [1.82, 2.24) is 14.7 Å². The number of carbonyl (C=O) groups is 2. The number of halogens is 5. The lowest BCUT2D eigenvalue weighted by atomic mass is 10.1. The van der Waals surface area contributed by atoms with Crippen LogP contribution in [0.15, 0.2) is 24.8 Å². The molecule has 1 N–H and O–H groups in total. The van der Waals surface area contributed by atoms with Gasteiger partial charge in [0.1, 0.15) is 0 Å². The van der Waals surface area contributed by atoms with E-state index in [0.717, 1.165) is 12.1 Å². The average molecular weight is 465 g/mol. The summed E-state index contributed by atoms with van der Waals surface area (Å²) in [6.07, 6.45) is -3.34. The summed E-state index contributed by atoms with van der Waals surface area (Å²) in [6, 6.07) is 2.08. The van der Waals surface area contributed by atoms with Gasteiger partial charge in [-0.05, 0) is 18.2 Å². The van der Waals surface area contributed by atoms with Crippen molar-refractivity contribution >= 4 is 40.7 Å². The van der Waals surface area contributed by atoms with E-state index in [1.165, 1.54) is 6.08 Å². The van der Waals surface area contributed by atoms with Gasteiger partial charge in [-0.2, -0.15) is 13.2 Å². The summed E-state index contributed by atoms with van der Waals surface area (Å²) >= 11 is 11.5. The van der Waals surface area contributed by atoms with E-state index in [4.69, 9.17) is 23.2 Å². The maximum absolute atomic E-state index is 13.2. The van der Waals surface area contributed by atoms with Gasteiger partial charge >= 0.3 is 6.18 Å². The monoisotopic (exact) mass is 464 g/mol. The fourth-order valence-electron chi connectivity index (χ4n) is 3.54. The van der Waals surface area contributed by atoms with Gasteiger partial charge in [0.05, 0.1) is 22.2 Å². The molecule has 0 bridgehead atoms. The molecule has 11 heteroatoms. The number of nitrogens with zero attached hydrogens (tertiary/aromatic N) is 3. The maximum atomic E-state index is 13.2. The van der Waals surface area contributed by atoms with Crippen molar-refractivity contribution < 1.29 is 22.8 Å². The molecule has 2 aliphatic rings. The number of carbonyl (C=O) groups excluding carboxylic acids is 2. The van der Waals surface area contributed by atoms with Gasteiger partial charge in [0.25, 0.3) is 0 Å². The highest BCUT2D eigenvalue weighted by Gasteiger charge is 2.36. The quantitative estimate of drug-likeness (QED) is 0.680. The Bertz CT molecular complexity index is 836. The normalized spacial score (nSPS) is 18.2. The van der Waals surface area contributed by atoms with E-state index < -0.39 is 11.7 Å². The summed E-state index contributed by atoms with van der Waals surface area (Å²) in [5, 5.41) is 2.31. The minimum atomic E-state index is -4.63. The van der Waals surface area contributed by atoms with Gasteiger partial charge in [-0.1, -0.05) is 29.8 Å². The van der Waals surface area contributed by atoms with E-state index in [1.807, 2.05) is 0 Å². The number of benzene rings is 1. The zero-order valence-electron chi connectivity index (χ0n) is 16.0. The van der Waals surface area contributed by atoms with E-state index >= 15 is 0 Å². The number of piperazine rings is 1. The van der Waals surface area contributed by atoms with Crippen molar-refractivity contribution in [2.75, 3.05) is 51.1 Å². The number of rotatable bonds is 5. The van der Waals surface area contributed by atoms with Gasteiger partial charge in [0.2, 0.25) is 11.8 Å². The minimum absolute atomic E-state index is 0.0299. The maximum Gasteiger partial charge on any atom is 0.418 e. The number of likely N-dealkylation sites (tertiary alicyclic amines) is 1. The zero-order valence-corrected chi connectivity index (χ0v) is 17.5. The first-order valence-corrected chi connectivity index (χ1v) is 10.1. The Hall–Kier alpha value is -1.97. The molecule has 2 aliphatic heterocycles. The predicted molar refractivity (Wildman–Crippen MR) is 109 cm³/mol. The molecule has 0 aliphatic carbocycles. The van der Waals surface area contributed by atoms with Crippen LogP contribution in [0, 0.1) is 0 Å². The second-order valence-corrected chi connectivity index (χ2v) is 8.00. The number of hydrogen-bond acceptors (Lipinski definition) is 4. The lowest BCUT2D eigenvalue weighted by Crippen LogP contribution is -2.64. The Balaban J connectivity index is 1.51. The Morgan fingerprint density at radius 3 is 2.27 bits per heavy atom. The van der Waals surface area contributed by atoms with Crippen LogP contribution in [-0.4, -0.2) is 78.4 Å². The van der Waals surface area contributed by atoms with Crippen LogP contribution in [-0.2, 0) is 15.8 Å². The number of alkyl halides is 3. The Labute approximate surface area is 182 Å². The van der Waals surface area contributed by atoms with E-state index in [0.29, 0.717) is 39.3 Å². The van der Waals surface area contributed by atoms with Crippen molar-refractivity contribution in [3.8, 4) is 0 Å². The van der Waals surface area contributed by atoms with Gasteiger partial charge < -0.3 is 15.1 Å². The Morgan fingerprint density at radius 2 is 1.70 bits per heavy atom. The summed E-state index contributed by atoms with van der Waals surface area (Å²) in [5.41, 5.74) is -1.26. The molecule has 0 saturated carbocycles. The first kappa shape index (κ1) is 22.7. The highest BCUT2D eigenvalue weighted by atomic mass is 35.5. The number of amides is 2. The van der Waals surface area contributed by atoms with Crippen molar-refractivity contribution in [2.24, 2.45) is 0 Å². The SMILES string of the molecule is C=CC(=O)N1CC(N2CCN(C(=O)CNc3cc(Cl)c(Cl)cc3C(F)(F)F)CC2)C1. The molecule has 2 heterocycles. The molecular formula is C19H21Cl2F3N4O2. The number of nitrogens with one attached hydrogen (secondary N) is 1. The minimum Gasteiger partial charge on any atom is -0.376 e. The summed E-state index contributed by atoms with van der Waals surface area (Å²) in [7, 11) is 0. The first-order valence-electron chi connectivity index (χ1n) is 9.33. The fraction of sp³-hybridized carbons (Fsp3) is 0.474. The van der Waals surface area contributed by atoms with E-state index in [2.05, 4.69) is 16.8 Å². The molecule has 0 aromatic heterocycles. The third-order valence-electron chi connectivity index (χ3n) is 5.33. The van der Waals surface area contributed by atoms with E-state index in [9.17, 15) is 22.8 Å². The van der Waals surface area contributed by atoms with Crippen LogP contribution in [0.5, 0.6) is 0 Å². The van der Waals surface area contributed by atoms with Gasteiger partial charge in [-0.25, -0.2) is 0 Å². The van der Waals surface area contributed by atoms with E-state index in [-0.39, 0.29) is 40.1 Å². The first-order chi connectivity index (χ1) is 14.1. The van der Waals surface area contributed by atoms with Gasteiger partial charge in [0, 0.05) is 51.0 Å². The molecule has 0 unspecified atom stereocenters. The molecule has 164 valence electrons. The predicted octanol–water partition coefficient (Wildman–Crippen LogP) is 2.97. The molecule has 30 heavy (non-hydrogen) atoms. The van der Waals surface area contributed by atoms with Gasteiger partial charge in [-0.15, -0.1) is 0 Å². The van der Waals surface area contributed by atoms with Crippen molar-refractivity contribution in [1.29, 1.82) is 0 Å². The van der Waals surface area contributed by atoms with Crippen LogP contribution in [0.3, 0.4) is 0 Å². The summed E-state index contributed by atoms with van der Waals surface area (Å²) in [4.78, 5) is 29.5. The Morgan fingerprint density at radius 1 is 1.10 bits per heavy atom. The molecule has 6 nitrogen and oxygen atoms in total. The summed E-state index contributed by atoms with van der Waals surface area (Å²) < 4.78 is 39.7. The van der Waals surface area contributed by atoms with Crippen LogP contribution < -0.4 is 5.32 Å². The summed E-state index contributed by atoms with van der Waals surface area (Å²) in [5.74, 6) is -0.391. The number of anilines is 1.